The second-order valence-electron chi connectivity index (χ2n) is 3.02. The number of rotatable bonds is 3. The van der Waals surface area contributed by atoms with E-state index in [0.29, 0.717) is 5.75 Å². The predicted molar refractivity (Wildman–Crippen MR) is 53.1 cm³/mol. The van der Waals surface area contributed by atoms with E-state index in [9.17, 15) is 4.57 Å². The van der Waals surface area contributed by atoms with Gasteiger partial charge in [-0.05, 0) is 24.3 Å². The quantitative estimate of drug-likeness (QED) is 0.703. The molecule has 0 aliphatic carbocycles. The van der Waals surface area contributed by atoms with Gasteiger partial charge in [-0.2, -0.15) is 0 Å². The summed E-state index contributed by atoms with van der Waals surface area (Å²) in [4.78, 5) is 0. The molecular weight excluding hydrogens is 187 g/mol. The van der Waals surface area contributed by atoms with Crippen LogP contribution in [0.15, 0.2) is 24.3 Å². The minimum absolute atomic E-state index is 0.606. The lowest BCUT2D eigenvalue weighted by Crippen LogP contribution is -1.88. The monoisotopic (exact) mass is 200 g/mol. The molecule has 0 saturated heterocycles. The Balaban J connectivity index is 2.76. The number of hydrogen-bond acceptors (Lipinski definition) is 3. The third kappa shape index (κ3) is 3.51. The van der Waals surface area contributed by atoms with Crippen molar-refractivity contribution < 1.29 is 13.8 Å². The zero-order valence-corrected chi connectivity index (χ0v) is 8.88. The predicted octanol–water partition coefficient (Wildman–Crippen LogP) is 2.61. The smallest absolute Gasteiger partial charge is 0.242 e. The number of methoxy groups -OCH3 is 1. The van der Waals surface area contributed by atoms with Crippen molar-refractivity contribution in [2.45, 2.75) is 0 Å². The molecule has 0 saturated carbocycles. The van der Waals surface area contributed by atoms with Gasteiger partial charge >= 0.3 is 0 Å². The summed E-state index contributed by atoms with van der Waals surface area (Å²) >= 11 is 0. The van der Waals surface area contributed by atoms with Crippen LogP contribution in [0.1, 0.15) is 0 Å². The van der Waals surface area contributed by atoms with Crippen LogP contribution >= 0.6 is 7.37 Å². The van der Waals surface area contributed by atoms with Crippen molar-refractivity contribution in [1.82, 2.24) is 0 Å². The van der Waals surface area contributed by atoms with Crippen LogP contribution in [-0.4, -0.2) is 20.4 Å². The average Bonchev–Trinajstić information content (AvgIpc) is 2.03. The molecule has 0 bridgehead atoms. The molecule has 0 fully saturated rings. The summed E-state index contributed by atoms with van der Waals surface area (Å²) in [5, 5.41) is 0. The summed E-state index contributed by atoms with van der Waals surface area (Å²) in [5.41, 5.74) is 0. The molecule has 0 N–H and O–H groups in total. The molecule has 3 nitrogen and oxygen atoms in total. The molecular formula is C9H13O3P. The molecule has 0 atom stereocenters. The van der Waals surface area contributed by atoms with Crippen LogP contribution in [0.5, 0.6) is 11.5 Å². The van der Waals surface area contributed by atoms with Crippen LogP contribution in [0.4, 0.5) is 0 Å². The summed E-state index contributed by atoms with van der Waals surface area (Å²) in [7, 11) is -0.854. The maximum absolute atomic E-state index is 11.3. The van der Waals surface area contributed by atoms with Crippen molar-refractivity contribution in [3.05, 3.63) is 24.3 Å². The van der Waals surface area contributed by atoms with E-state index < -0.39 is 7.37 Å². The van der Waals surface area contributed by atoms with Gasteiger partial charge in [0.05, 0.1) is 7.11 Å². The highest BCUT2D eigenvalue weighted by molar-refractivity contribution is 7.57. The molecule has 1 aromatic carbocycles. The van der Waals surface area contributed by atoms with Gasteiger partial charge in [0.1, 0.15) is 11.5 Å². The van der Waals surface area contributed by atoms with Gasteiger partial charge in [0.25, 0.3) is 0 Å². The van der Waals surface area contributed by atoms with E-state index in [1.807, 2.05) is 0 Å². The molecule has 1 aromatic rings. The molecule has 0 heterocycles. The van der Waals surface area contributed by atoms with Crippen LogP contribution in [-0.2, 0) is 4.57 Å². The van der Waals surface area contributed by atoms with Crippen molar-refractivity contribution in [1.29, 1.82) is 0 Å². The number of ether oxygens (including phenoxy) is 1. The van der Waals surface area contributed by atoms with Crippen molar-refractivity contribution >= 4 is 7.37 Å². The molecule has 1 rings (SSSR count). The van der Waals surface area contributed by atoms with Gasteiger partial charge in [-0.25, -0.2) is 0 Å². The molecule has 0 aliphatic heterocycles. The van der Waals surface area contributed by atoms with E-state index in [0.717, 1.165) is 5.75 Å². The number of benzene rings is 1. The second kappa shape index (κ2) is 3.84. The largest absolute Gasteiger partial charge is 0.497 e. The molecule has 0 unspecified atom stereocenters. The normalized spacial score (nSPS) is 11.0. The lowest BCUT2D eigenvalue weighted by Gasteiger charge is -2.10. The maximum Gasteiger partial charge on any atom is 0.242 e. The molecule has 0 spiro atoms. The lowest BCUT2D eigenvalue weighted by atomic mass is 10.3. The van der Waals surface area contributed by atoms with E-state index in [4.69, 9.17) is 9.26 Å². The first kappa shape index (κ1) is 10.1. The molecule has 13 heavy (non-hydrogen) atoms. The molecule has 0 amide bonds. The third-order valence-corrected chi connectivity index (χ3v) is 2.04. The van der Waals surface area contributed by atoms with Gasteiger partial charge in [0, 0.05) is 13.3 Å². The Morgan fingerprint density at radius 1 is 1.08 bits per heavy atom. The molecule has 4 heteroatoms. The van der Waals surface area contributed by atoms with E-state index in [1.54, 1.807) is 44.7 Å². The van der Waals surface area contributed by atoms with Gasteiger partial charge in [-0.1, -0.05) is 0 Å². The van der Waals surface area contributed by atoms with Gasteiger partial charge in [0.2, 0.25) is 7.37 Å². The maximum atomic E-state index is 11.3. The molecule has 0 aliphatic rings. The van der Waals surface area contributed by atoms with Crippen molar-refractivity contribution in [3.8, 4) is 11.5 Å². The Labute approximate surface area is 78.1 Å². The zero-order chi connectivity index (χ0) is 9.90. The van der Waals surface area contributed by atoms with Crippen LogP contribution in [0.3, 0.4) is 0 Å². The lowest BCUT2D eigenvalue weighted by molar-refractivity contribution is 0.413. The first-order chi connectivity index (χ1) is 6.01. The third-order valence-electron chi connectivity index (χ3n) is 1.38. The highest BCUT2D eigenvalue weighted by atomic mass is 31.2. The van der Waals surface area contributed by atoms with E-state index in [-0.39, 0.29) is 0 Å². The standard InChI is InChI=1S/C9H13O3P/c1-11-8-4-6-9(7-5-8)12-13(2,3)10/h4-7H,1-3H3. The first-order valence-corrected chi connectivity index (χ1v) is 6.42. The summed E-state index contributed by atoms with van der Waals surface area (Å²) in [6.45, 7) is 3.16. The average molecular weight is 200 g/mol. The van der Waals surface area contributed by atoms with Crippen LogP contribution < -0.4 is 9.26 Å². The Morgan fingerprint density at radius 3 is 1.92 bits per heavy atom. The highest BCUT2D eigenvalue weighted by Gasteiger charge is 2.07. The van der Waals surface area contributed by atoms with Crippen LogP contribution in [0.25, 0.3) is 0 Å². The Kier molecular flexibility index (Phi) is 2.99. The Hall–Kier alpha value is -0.950. The Bertz CT molecular complexity index is 312. The highest BCUT2D eigenvalue weighted by Crippen LogP contribution is 2.38. The SMILES string of the molecule is COc1ccc(OP(C)(C)=O)cc1. The number of hydrogen-bond donors (Lipinski definition) is 0. The van der Waals surface area contributed by atoms with Crippen molar-refractivity contribution in [3.63, 3.8) is 0 Å². The summed E-state index contributed by atoms with van der Waals surface area (Å²) in [6, 6.07) is 7.01. The van der Waals surface area contributed by atoms with Crippen molar-refractivity contribution in [2.75, 3.05) is 20.4 Å². The second-order valence-corrected chi connectivity index (χ2v) is 5.71. The minimum atomic E-state index is -2.45. The van der Waals surface area contributed by atoms with Gasteiger partial charge in [-0.15, -0.1) is 0 Å². The molecule has 0 radical (unpaired) electrons. The summed E-state index contributed by atoms with van der Waals surface area (Å²) in [5.74, 6) is 1.36. The summed E-state index contributed by atoms with van der Waals surface area (Å²) in [6.07, 6.45) is 0. The van der Waals surface area contributed by atoms with E-state index in [2.05, 4.69) is 0 Å². The molecule has 72 valence electrons. The first-order valence-electron chi connectivity index (χ1n) is 3.90. The summed E-state index contributed by atoms with van der Waals surface area (Å²) < 4.78 is 21.5. The minimum Gasteiger partial charge on any atom is -0.497 e. The van der Waals surface area contributed by atoms with Gasteiger partial charge < -0.3 is 9.26 Å². The van der Waals surface area contributed by atoms with Gasteiger partial charge in [0.15, 0.2) is 0 Å². The molecule has 0 aromatic heterocycles. The fourth-order valence-corrected chi connectivity index (χ4v) is 1.52. The van der Waals surface area contributed by atoms with E-state index in [1.165, 1.54) is 0 Å². The fourth-order valence-electron chi connectivity index (χ4n) is 0.890. The zero-order valence-electron chi connectivity index (χ0n) is 7.98. The fraction of sp³-hybridized carbons (Fsp3) is 0.333. The van der Waals surface area contributed by atoms with Crippen LogP contribution in [0, 0.1) is 0 Å². The Morgan fingerprint density at radius 2 is 1.54 bits per heavy atom. The van der Waals surface area contributed by atoms with E-state index >= 15 is 0 Å². The van der Waals surface area contributed by atoms with Crippen molar-refractivity contribution in [2.24, 2.45) is 0 Å². The topological polar surface area (TPSA) is 35.5 Å². The van der Waals surface area contributed by atoms with Gasteiger partial charge in [-0.3, -0.25) is 4.57 Å². The van der Waals surface area contributed by atoms with Crippen LogP contribution in [0.2, 0.25) is 0 Å².